The quantitative estimate of drug-likeness (QED) is 0.805. The fraction of sp³-hybridized carbons (Fsp3) is 0.688. The summed E-state index contributed by atoms with van der Waals surface area (Å²) in [5, 5.41) is 2.88. The molecule has 1 aromatic heterocycles. The summed E-state index contributed by atoms with van der Waals surface area (Å²) in [5.41, 5.74) is 0.388. The average molecular weight is 305 g/mol. The first-order chi connectivity index (χ1) is 10.6. The number of nitrogens with zero attached hydrogens (tertiary/aromatic N) is 4. The highest BCUT2D eigenvalue weighted by Gasteiger charge is 2.18. The van der Waals surface area contributed by atoms with Gasteiger partial charge in [-0.2, -0.15) is 0 Å². The van der Waals surface area contributed by atoms with E-state index in [0.29, 0.717) is 18.2 Å². The van der Waals surface area contributed by atoms with Crippen LogP contribution in [0.3, 0.4) is 0 Å². The van der Waals surface area contributed by atoms with Crippen LogP contribution in [0.5, 0.6) is 0 Å². The molecule has 0 saturated carbocycles. The third-order valence-corrected chi connectivity index (χ3v) is 3.92. The first-order valence-corrected chi connectivity index (χ1v) is 8.06. The van der Waals surface area contributed by atoms with Crippen LogP contribution in [0.25, 0.3) is 0 Å². The molecular formula is C16H27N5O. The fourth-order valence-corrected chi connectivity index (χ4v) is 2.69. The molecule has 0 radical (unpaired) electrons. The van der Waals surface area contributed by atoms with Crippen LogP contribution >= 0.6 is 0 Å². The summed E-state index contributed by atoms with van der Waals surface area (Å²) in [6.07, 6.45) is 6.69. The second-order valence-electron chi connectivity index (χ2n) is 6.37. The molecule has 6 nitrogen and oxygen atoms in total. The lowest BCUT2D eigenvalue weighted by molar-refractivity contribution is 0.0947. The van der Waals surface area contributed by atoms with Gasteiger partial charge in [-0.05, 0) is 45.8 Å². The molecule has 1 unspecified atom stereocenters. The van der Waals surface area contributed by atoms with Crippen molar-refractivity contribution in [3.8, 4) is 0 Å². The smallest absolute Gasteiger partial charge is 0.271 e. The Morgan fingerprint density at radius 2 is 2.23 bits per heavy atom. The Hall–Kier alpha value is -1.69. The summed E-state index contributed by atoms with van der Waals surface area (Å²) in [5.74, 6) is 1.41. The number of hydrogen-bond donors (Lipinski definition) is 1. The number of anilines is 1. The van der Waals surface area contributed by atoms with Crippen LogP contribution in [-0.4, -0.2) is 61.0 Å². The molecule has 0 aromatic carbocycles. The van der Waals surface area contributed by atoms with E-state index >= 15 is 0 Å². The zero-order valence-corrected chi connectivity index (χ0v) is 13.9. The van der Waals surface area contributed by atoms with Gasteiger partial charge in [0.25, 0.3) is 5.91 Å². The van der Waals surface area contributed by atoms with Gasteiger partial charge in [0, 0.05) is 19.6 Å². The Balaban J connectivity index is 1.84. The maximum atomic E-state index is 12.0. The van der Waals surface area contributed by atoms with Gasteiger partial charge in [-0.3, -0.25) is 4.79 Å². The van der Waals surface area contributed by atoms with Gasteiger partial charge < -0.3 is 15.1 Å². The Labute approximate surface area is 132 Å². The van der Waals surface area contributed by atoms with E-state index in [1.54, 1.807) is 12.4 Å². The standard InChI is InChI=1S/C16H27N5O/c1-13-6-4-9-21(12-13)15-11-18-14(10-19-15)16(22)17-7-5-8-20(2)3/h10-11,13H,4-9,12H2,1-3H3,(H,17,22). The summed E-state index contributed by atoms with van der Waals surface area (Å²) in [4.78, 5) is 25.0. The maximum Gasteiger partial charge on any atom is 0.271 e. The van der Waals surface area contributed by atoms with Gasteiger partial charge in [-0.1, -0.05) is 6.92 Å². The van der Waals surface area contributed by atoms with E-state index in [-0.39, 0.29) is 5.91 Å². The molecule has 22 heavy (non-hydrogen) atoms. The number of carbonyl (C=O) groups excluding carboxylic acids is 1. The molecule has 6 heteroatoms. The van der Waals surface area contributed by atoms with Crippen LogP contribution in [0, 0.1) is 5.92 Å². The van der Waals surface area contributed by atoms with Crippen molar-refractivity contribution < 1.29 is 4.79 Å². The van der Waals surface area contributed by atoms with Crippen molar-refractivity contribution in [1.82, 2.24) is 20.2 Å². The largest absolute Gasteiger partial charge is 0.355 e. The van der Waals surface area contributed by atoms with Crippen LogP contribution in [0.4, 0.5) is 5.82 Å². The number of carbonyl (C=O) groups is 1. The molecule has 1 saturated heterocycles. The third-order valence-electron chi connectivity index (χ3n) is 3.92. The second kappa shape index (κ2) is 8.08. The lowest BCUT2D eigenvalue weighted by Crippen LogP contribution is -2.35. The number of rotatable bonds is 6. The third kappa shape index (κ3) is 4.94. The molecule has 1 atom stereocenters. The Kier molecular flexibility index (Phi) is 6.12. The Morgan fingerprint density at radius 1 is 1.41 bits per heavy atom. The van der Waals surface area contributed by atoms with Crippen LogP contribution in [0.2, 0.25) is 0 Å². The van der Waals surface area contributed by atoms with Gasteiger partial charge in [0.2, 0.25) is 0 Å². The first kappa shape index (κ1) is 16.7. The lowest BCUT2D eigenvalue weighted by atomic mass is 10.0. The summed E-state index contributed by atoms with van der Waals surface area (Å²) in [6, 6.07) is 0. The second-order valence-corrected chi connectivity index (χ2v) is 6.37. The molecule has 1 aromatic rings. The SMILES string of the molecule is CC1CCCN(c2cnc(C(=O)NCCCN(C)C)cn2)C1. The van der Waals surface area contributed by atoms with E-state index in [1.807, 2.05) is 14.1 Å². The maximum absolute atomic E-state index is 12.0. The number of hydrogen-bond acceptors (Lipinski definition) is 5. The van der Waals surface area contributed by atoms with Crippen molar-refractivity contribution in [3.63, 3.8) is 0 Å². The van der Waals surface area contributed by atoms with Crippen molar-refractivity contribution in [2.45, 2.75) is 26.2 Å². The molecule has 0 bridgehead atoms. The van der Waals surface area contributed by atoms with Crippen molar-refractivity contribution in [1.29, 1.82) is 0 Å². The summed E-state index contributed by atoms with van der Waals surface area (Å²) in [6.45, 7) is 5.91. The molecule has 1 N–H and O–H groups in total. The zero-order valence-electron chi connectivity index (χ0n) is 13.9. The lowest BCUT2D eigenvalue weighted by Gasteiger charge is -2.31. The minimum Gasteiger partial charge on any atom is -0.355 e. The van der Waals surface area contributed by atoms with Gasteiger partial charge >= 0.3 is 0 Å². The normalized spacial score (nSPS) is 18.5. The van der Waals surface area contributed by atoms with Crippen molar-refractivity contribution in [2.75, 3.05) is 45.2 Å². The van der Waals surface area contributed by atoms with E-state index in [2.05, 4.69) is 32.0 Å². The highest BCUT2D eigenvalue weighted by Crippen LogP contribution is 2.20. The number of aromatic nitrogens is 2. The van der Waals surface area contributed by atoms with Crippen molar-refractivity contribution in [2.24, 2.45) is 5.92 Å². The summed E-state index contributed by atoms with van der Waals surface area (Å²) < 4.78 is 0. The Bertz CT molecular complexity index is 474. The number of amides is 1. The molecule has 1 aliphatic heterocycles. The van der Waals surface area contributed by atoms with Gasteiger partial charge in [-0.15, -0.1) is 0 Å². The minimum atomic E-state index is -0.148. The molecule has 122 valence electrons. The molecule has 1 aliphatic rings. The highest BCUT2D eigenvalue weighted by atomic mass is 16.1. The molecule has 1 amide bonds. The van der Waals surface area contributed by atoms with E-state index in [9.17, 15) is 4.79 Å². The van der Waals surface area contributed by atoms with Gasteiger partial charge in [0.15, 0.2) is 0 Å². The van der Waals surface area contributed by atoms with Gasteiger partial charge in [-0.25, -0.2) is 9.97 Å². The van der Waals surface area contributed by atoms with Crippen molar-refractivity contribution in [3.05, 3.63) is 18.1 Å². The molecule has 0 aliphatic carbocycles. The first-order valence-electron chi connectivity index (χ1n) is 8.06. The van der Waals surface area contributed by atoms with Gasteiger partial charge in [0.05, 0.1) is 12.4 Å². The van der Waals surface area contributed by atoms with E-state index in [0.717, 1.165) is 31.9 Å². The minimum absolute atomic E-state index is 0.148. The van der Waals surface area contributed by atoms with E-state index in [4.69, 9.17) is 0 Å². The van der Waals surface area contributed by atoms with Crippen LogP contribution < -0.4 is 10.2 Å². The predicted octanol–water partition coefficient (Wildman–Crippen LogP) is 1.39. The van der Waals surface area contributed by atoms with Gasteiger partial charge in [0.1, 0.15) is 11.5 Å². The molecule has 2 heterocycles. The Morgan fingerprint density at radius 3 is 2.86 bits per heavy atom. The topological polar surface area (TPSA) is 61.4 Å². The summed E-state index contributed by atoms with van der Waals surface area (Å²) in [7, 11) is 4.04. The van der Waals surface area contributed by atoms with E-state index in [1.165, 1.54) is 12.8 Å². The van der Waals surface area contributed by atoms with Crippen LogP contribution in [0.1, 0.15) is 36.7 Å². The number of nitrogens with one attached hydrogen (secondary N) is 1. The zero-order chi connectivity index (χ0) is 15.9. The molecule has 0 spiro atoms. The molecular weight excluding hydrogens is 278 g/mol. The molecule has 1 fully saturated rings. The van der Waals surface area contributed by atoms with Crippen LogP contribution in [0.15, 0.2) is 12.4 Å². The van der Waals surface area contributed by atoms with E-state index < -0.39 is 0 Å². The van der Waals surface area contributed by atoms with Crippen LogP contribution in [-0.2, 0) is 0 Å². The average Bonchev–Trinajstić information content (AvgIpc) is 2.51. The molecule has 2 rings (SSSR count). The highest BCUT2D eigenvalue weighted by molar-refractivity contribution is 5.91. The fourth-order valence-electron chi connectivity index (χ4n) is 2.69. The monoisotopic (exact) mass is 305 g/mol. The number of piperidine rings is 1. The van der Waals surface area contributed by atoms with Crippen molar-refractivity contribution >= 4 is 11.7 Å². The summed E-state index contributed by atoms with van der Waals surface area (Å²) >= 11 is 0. The predicted molar refractivity (Wildman–Crippen MR) is 88.1 cm³/mol.